The van der Waals surface area contributed by atoms with Crippen molar-refractivity contribution in [3.05, 3.63) is 34.9 Å². The van der Waals surface area contributed by atoms with E-state index in [1.54, 1.807) is 13.0 Å². The van der Waals surface area contributed by atoms with Gasteiger partial charge in [0.2, 0.25) is 5.91 Å². The van der Waals surface area contributed by atoms with Gasteiger partial charge in [-0.15, -0.1) is 0 Å². The molecule has 19 heavy (non-hydrogen) atoms. The number of halogens is 1. The van der Waals surface area contributed by atoms with E-state index in [1.165, 1.54) is 0 Å². The molecular formula is C14H18ClNO3. The number of amides is 1. The van der Waals surface area contributed by atoms with Crippen LogP contribution in [-0.2, 0) is 16.0 Å². The summed E-state index contributed by atoms with van der Waals surface area (Å²) in [6.45, 7) is 1.96. The van der Waals surface area contributed by atoms with Gasteiger partial charge in [-0.2, -0.15) is 0 Å². The predicted molar refractivity (Wildman–Crippen MR) is 74.2 cm³/mol. The highest BCUT2D eigenvalue weighted by Gasteiger charge is 2.15. The minimum absolute atomic E-state index is 0.153. The van der Waals surface area contributed by atoms with Gasteiger partial charge in [-0.3, -0.25) is 9.59 Å². The second kappa shape index (κ2) is 7.79. The van der Waals surface area contributed by atoms with Crippen molar-refractivity contribution in [1.29, 1.82) is 0 Å². The fraction of sp³-hybridized carbons (Fsp3) is 0.429. The molecule has 5 heteroatoms. The number of aryl methyl sites for hydroxylation is 1. The van der Waals surface area contributed by atoms with E-state index in [9.17, 15) is 9.59 Å². The molecular weight excluding hydrogens is 266 g/mol. The van der Waals surface area contributed by atoms with E-state index in [-0.39, 0.29) is 12.5 Å². The molecule has 1 amide bonds. The summed E-state index contributed by atoms with van der Waals surface area (Å²) in [7, 11) is 0. The Morgan fingerprint density at radius 2 is 2.05 bits per heavy atom. The first-order chi connectivity index (χ1) is 9.04. The molecule has 1 unspecified atom stereocenters. The van der Waals surface area contributed by atoms with Gasteiger partial charge in [0.1, 0.15) is 0 Å². The van der Waals surface area contributed by atoms with Gasteiger partial charge in [-0.1, -0.05) is 36.7 Å². The molecule has 2 N–H and O–H groups in total. The largest absolute Gasteiger partial charge is 0.481 e. The summed E-state index contributed by atoms with van der Waals surface area (Å²) in [6.07, 6.45) is 1.36. The zero-order valence-corrected chi connectivity index (χ0v) is 11.6. The molecule has 1 aromatic carbocycles. The topological polar surface area (TPSA) is 66.4 Å². The molecule has 0 aliphatic carbocycles. The van der Waals surface area contributed by atoms with Crippen LogP contribution in [0.3, 0.4) is 0 Å². The molecule has 0 saturated heterocycles. The van der Waals surface area contributed by atoms with E-state index in [1.807, 2.05) is 18.2 Å². The van der Waals surface area contributed by atoms with Crippen molar-refractivity contribution in [3.63, 3.8) is 0 Å². The lowest BCUT2D eigenvalue weighted by Gasteiger charge is -2.11. The number of carboxylic acid groups (broad SMARTS) is 1. The zero-order valence-electron chi connectivity index (χ0n) is 10.9. The van der Waals surface area contributed by atoms with Gasteiger partial charge in [0.25, 0.3) is 0 Å². The first-order valence-corrected chi connectivity index (χ1v) is 6.65. The van der Waals surface area contributed by atoms with Crippen molar-refractivity contribution < 1.29 is 14.7 Å². The maximum Gasteiger partial charge on any atom is 0.308 e. The second-order valence-corrected chi connectivity index (χ2v) is 4.75. The molecule has 4 nitrogen and oxygen atoms in total. The summed E-state index contributed by atoms with van der Waals surface area (Å²) >= 11 is 5.99. The molecule has 0 heterocycles. The van der Waals surface area contributed by atoms with Crippen LogP contribution in [-0.4, -0.2) is 23.5 Å². The summed E-state index contributed by atoms with van der Waals surface area (Å²) in [4.78, 5) is 22.4. The Balaban J connectivity index is 2.36. The minimum atomic E-state index is -0.881. The smallest absolute Gasteiger partial charge is 0.308 e. The molecule has 0 aliphatic heterocycles. The van der Waals surface area contributed by atoms with Gasteiger partial charge in [0, 0.05) is 18.0 Å². The number of hydrogen-bond acceptors (Lipinski definition) is 2. The molecule has 0 bridgehead atoms. The van der Waals surface area contributed by atoms with Gasteiger partial charge in [-0.05, 0) is 24.5 Å². The van der Waals surface area contributed by atoms with E-state index in [4.69, 9.17) is 16.7 Å². The molecule has 1 atom stereocenters. The normalized spacial score (nSPS) is 11.9. The number of aliphatic carboxylic acids is 1. The molecule has 104 valence electrons. The van der Waals surface area contributed by atoms with Crippen LogP contribution in [0.1, 0.15) is 25.3 Å². The third-order valence-corrected chi connectivity index (χ3v) is 3.34. The third-order valence-electron chi connectivity index (χ3n) is 2.97. The van der Waals surface area contributed by atoms with Crippen LogP contribution in [0.2, 0.25) is 5.02 Å². The Labute approximate surface area is 117 Å². The standard InChI is InChI=1S/C14H18ClNO3/c1-2-10(14(18)19)9-16-13(17)8-7-11-5-3-4-6-12(11)15/h3-6,10H,2,7-9H2,1H3,(H,16,17)(H,18,19). The van der Waals surface area contributed by atoms with Crippen molar-refractivity contribution in [1.82, 2.24) is 5.32 Å². The summed E-state index contributed by atoms with van der Waals surface area (Å²) in [5, 5.41) is 12.1. The molecule has 0 aliphatic rings. The van der Waals surface area contributed by atoms with Crippen LogP contribution in [0.5, 0.6) is 0 Å². The monoisotopic (exact) mass is 283 g/mol. The maximum absolute atomic E-state index is 11.6. The first kappa shape index (κ1) is 15.5. The van der Waals surface area contributed by atoms with Crippen molar-refractivity contribution in [2.24, 2.45) is 5.92 Å². The van der Waals surface area contributed by atoms with Crippen LogP contribution in [0.4, 0.5) is 0 Å². The van der Waals surface area contributed by atoms with Crippen molar-refractivity contribution in [2.45, 2.75) is 26.2 Å². The fourth-order valence-electron chi connectivity index (χ4n) is 1.68. The van der Waals surface area contributed by atoms with Crippen LogP contribution in [0, 0.1) is 5.92 Å². The highest BCUT2D eigenvalue weighted by Crippen LogP contribution is 2.16. The number of nitrogens with one attached hydrogen (secondary N) is 1. The number of hydrogen-bond donors (Lipinski definition) is 2. The average molecular weight is 284 g/mol. The molecule has 1 aromatic rings. The Hall–Kier alpha value is -1.55. The van der Waals surface area contributed by atoms with Crippen LogP contribution >= 0.6 is 11.6 Å². The molecule has 0 saturated carbocycles. The maximum atomic E-state index is 11.6. The van der Waals surface area contributed by atoms with Gasteiger partial charge >= 0.3 is 5.97 Å². The van der Waals surface area contributed by atoms with Crippen molar-refractivity contribution in [3.8, 4) is 0 Å². The molecule has 0 fully saturated rings. The Morgan fingerprint density at radius 1 is 1.37 bits per heavy atom. The highest BCUT2D eigenvalue weighted by molar-refractivity contribution is 6.31. The van der Waals surface area contributed by atoms with Gasteiger partial charge in [0.05, 0.1) is 5.92 Å². The first-order valence-electron chi connectivity index (χ1n) is 6.27. The number of carbonyl (C=O) groups excluding carboxylic acids is 1. The predicted octanol–water partition coefficient (Wildman–Crippen LogP) is 2.50. The number of carboxylic acids is 1. The van der Waals surface area contributed by atoms with Crippen LogP contribution in [0.15, 0.2) is 24.3 Å². The Morgan fingerprint density at radius 3 is 2.63 bits per heavy atom. The average Bonchev–Trinajstić information content (AvgIpc) is 2.38. The van der Waals surface area contributed by atoms with E-state index in [0.29, 0.717) is 24.3 Å². The minimum Gasteiger partial charge on any atom is -0.481 e. The van der Waals surface area contributed by atoms with E-state index < -0.39 is 11.9 Å². The lowest BCUT2D eigenvalue weighted by Crippen LogP contribution is -2.32. The molecule has 0 spiro atoms. The fourth-order valence-corrected chi connectivity index (χ4v) is 1.91. The molecule has 0 aromatic heterocycles. The summed E-state index contributed by atoms with van der Waals surface area (Å²) in [5.41, 5.74) is 0.921. The quantitative estimate of drug-likeness (QED) is 0.808. The second-order valence-electron chi connectivity index (χ2n) is 4.34. The van der Waals surface area contributed by atoms with Gasteiger partial charge in [0.15, 0.2) is 0 Å². The number of rotatable bonds is 7. The summed E-state index contributed by atoms with van der Waals surface area (Å²) in [6, 6.07) is 7.37. The van der Waals surface area contributed by atoms with Crippen LogP contribution < -0.4 is 5.32 Å². The third kappa shape index (κ3) is 5.30. The van der Waals surface area contributed by atoms with E-state index >= 15 is 0 Å². The van der Waals surface area contributed by atoms with E-state index in [2.05, 4.69) is 5.32 Å². The number of benzene rings is 1. The van der Waals surface area contributed by atoms with Crippen LogP contribution in [0.25, 0.3) is 0 Å². The summed E-state index contributed by atoms with van der Waals surface area (Å²) in [5.74, 6) is -1.56. The molecule has 0 radical (unpaired) electrons. The van der Waals surface area contributed by atoms with Gasteiger partial charge < -0.3 is 10.4 Å². The van der Waals surface area contributed by atoms with Crippen molar-refractivity contribution in [2.75, 3.05) is 6.54 Å². The van der Waals surface area contributed by atoms with E-state index in [0.717, 1.165) is 5.56 Å². The number of carbonyl (C=O) groups is 2. The van der Waals surface area contributed by atoms with Gasteiger partial charge in [-0.25, -0.2) is 0 Å². The molecule has 1 rings (SSSR count). The lowest BCUT2D eigenvalue weighted by molar-refractivity contribution is -0.141. The SMILES string of the molecule is CCC(CNC(=O)CCc1ccccc1Cl)C(=O)O. The highest BCUT2D eigenvalue weighted by atomic mass is 35.5. The van der Waals surface area contributed by atoms with Crippen molar-refractivity contribution >= 4 is 23.5 Å². The lowest BCUT2D eigenvalue weighted by atomic mass is 10.1. The Bertz CT molecular complexity index is 448. The summed E-state index contributed by atoms with van der Waals surface area (Å²) < 4.78 is 0. The zero-order chi connectivity index (χ0) is 14.3. The Kier molecular flexibility index (Phi) is 6.36.